The zero-order chi connectivity index (χ0) is 22.6. The Labute approximate surface area is 180 Å². The van der Waals surface area contributed by atoms with Gasteiger partial charge in [-0.3, -0.25) is 0 Å². The van der Waals surface area contributed by atoms with Crippen LogP contribution in [0.15, 0.2) is 77.2 Å². The zero-order valence-corrected chi connectivity index (χ0v) is 17.6. The van der Waals surface area contributed by atoms with Crippen LogP contribution in [0.25, 0.3) is 22.3 Å². The fourth-order valence-corrected chi connectivity index (χ4v) is 3.00. The normalized spacial score (nSPS) is 11.9. The van der Waals surface area contributed by atoms with Crippen LogP contribution in [0, 0.1) is 24.1 Å². The van der Waals surface area contributed by atoms with Crippen molar-refractivity contribution >= 4 is 16.7 Å². The lowest BCUT2D eigenvalue weighted by atomic mass is 10.1. The summed E-state index contributed by atoms with van der Waals surface area (Å²) in [6, 6.07) is 23.4. The van der Waals surface area contributed by atoms with E-state index >= 15 is 0 Å². The summed E-state index contributed by atoms with van der Waals surface area (Å²) in [4.78, 5) is 3.48. The summed E-state index contributed by atoms with van der Waals surface area (Å²) in [5, 5.41) is 11.6. The summed E-state index contributed by atoms with van der Waals surface area (Å²) in [7, 11) is -4.94. The maximum atomic E-state index is 9.92. The molecule has 0 amide bonds. The van der Waals surface area contributed by atoms with Crippen LogP contribution >= 0.6 is 0 Å². The van der Waals surface area contributed by atoms with Crippen LogP contribution in [-0.4, -0.2) is 5.11 Å². The Balaban J connectivity index is 0.000000491. The van der Waals surface area contributed by atoms with Gasteiger partial charge in [0.1, 0.15) is 17.1 Å². The average molecular weight is 442 g/mol. The minimum atomic E-state index is -4.94. The average Bonchev–Trinajstić information content (AvgIpc) is 2.70. The van der Waals surface area contributed by atoms with Crippen LogP contribution in [-0.2, 0) is 0 Å². The van der Waals surface area contributed by atoms with E-state index < -0.39 is 10.2 Å². The third-order valence-corrected chi connectivity index (χ3v) is 4.59. The van der Waals surface area contributed by atoms with Crippen molar-refractivity contribution in [3.8, 4) is 17.1 Å². The van der Waals surface area contributed by atoms with Gasteiger partial charge in [-0.15, -0.1) is 10.2 Å². The van der Waals surface area contributed by atoms with Gasteiger partial charge < -0.3 is 9.52 Å². The molecule has 0 atom stereocenters. The van der Waals surface area contributed by atoms with Crippen molar-refractivity contribution in [1.82, 2.24) is 0 Å². The Kier molecular flexibility index (Phi) is 6.74. The molecule has 0 radical (unpaired) electrons. The summed E-state index contributed by atoms with van der Waals surface area (Å²) < 4.78 is 40.0. The first kappa shape index (κ1) is 22.5. The molecule has 2 N–H and O–H groups in total. The molecule has 0 aliphatic carbocycles. The molecular weight excluding hydrogens is 422 g/mol. The van der Waals surface area contributed by atoms with Gasteiger partial charge in [0.25, 0.3) is 0 Å². The Morgan fingerprint density at radius 1 is 0.806 bits per heavy atom. The van der Waals surface area contributed by atoms with Crippen molar-refractivity contribution in [3.63, 3.8) is 0 Å². The van der Waals surface area contributed by atoms with Gasteiger partial charge in [0.05, 0.1) is 11.5 Å². The van der Waals surface area contributed by atoms with Crippen LogP contribution in [0.5, 0.6) is 5.75 Å². The van der Waals surface area contributed by atoms with E-state index in [1.807, 2.05) is 36.4 Å². The molecule has 0 aliphatic heterocycles. The molecule has 0 fully saturated rings. The van der Waals surface area contributed by atoms with Gasteiger partial charge in [-0.05, 0) is 43.2 Å². The third-order valence-electron chi connectivity index (χ3n) is 4.59. The molecule has 1 heterocycles. The topological polar surface area (TPSA) is 140 Å². The summed E-state index contributed by atoms with van der Waals surface area (Å²) in [6.45, 7) is 4.20. The molecule has 0 saturated carbocycles. The number of phenolic OH excluding ortho intramolecular Hbond substituents is 1. The van der Waals surface area contributed by atoms with E-state index in [1.54, 1.807) is 18.2 Å². The van der Waals surface area contributed by atoms with E-state index in [9.17, 15) is 5.11 Å². The molecule has 1 aromatic heterocycles. The van der Waals surface area contributed by atoms with Crippen LogP contribution in [0.2, 0.25) is 0 Å². The number of nitrogens with one attached hydrogen (secondary N) is 1. The molecule has 8 heteroatoms. The minimum Gasteiger partial charge on any atom is -0.508 e. The van der Waals surface area contributed by atoms with E-state index in [4.69, 9.17) is 23.1 Å². The summed E-state index contributed by atoms with van der Waals surface area (Å²) in [5.74, 6) is 0.985. The van der Waals surface area contributed by atoms with E-state index in [0.717, 1.165) is 33.3 Å². The molecule has 7 nitrogen and oxygen atoms in total. The number of aromatic hydroxyl groups is 1. The van der Waals surface area contributed by atoms with Gasteiger partial charge in [-0.25, -0.2) is 23.6 Å². The van der Waals surface area contributed by atoms with Gasteiger partial charge in [-0.2, -0.15) is 0 Å². The van der Waals surface area contributed by atoms with Gasteiger partial charge in [0, 0.05) is 17.7 Å². The number of benzene rings is 3. The highest BCUT2D eigenvalue weighted by atomic mass is 35.7. The summed E-state index contributed by atoms with van der Waals surface area (Å²) in [5.41, 5.74) is 5.21. The Bertz CT molecular complexity index is 1260. The van der Waals surface area contributed by atoms with Crippen molar-refractivity contribution in [3.05, 3.63) is 89.3 Å². The lowest BCUT2D eigenvalue weighted by Gasteiger charge is -2.17. The largest absolute Gasteiger partial charge is 0.508 e. The first-order chi connectivity index (χ1) is 14.6. The first-order valence-electron chi connectivity index (χ1n) is 9.21. The second kappa shape index (κ2) is 9.30. The Hall–Kier alpha value is -3.20. The standard InChI is InChI=1S/C23H19NO2.ClHO4/c1-15-8-9-18(12-16(15)2)24-21-14-23(17-6-4-3-5-7-17)26-22-11-10-19(25)13-20(21)22;2-1(3,4)5/h3-14,25H,1-2H3;(H,2,3,4,5). The van der Waals surface area contributed by atoms with E-state index in [2.05, 4.69) is 37.0 Å². The predicted molar refractivity (Wildman–Crippen MR) is 103 cm³/mol. The Morgan fingerprint density at radius 2 is 1.48 bits per heavy atom. The van der Waals surface area contributed by atoms with E-state index in [0.29, 0.717) is 0 Å². The zero-order valence-electron chi connectivity index (χ0n) is 16.8. The number of hydrogen-bond donors (Lipinski definition) is 2. The van der Waals surface area contributed by atoms with E-state index in [-0.39, 0.29) is 5.75 Å². The fourth-order valence-electron chi connectivity index (χ4n) is 3.00. The maximum absolute atomic E-state index is 9.92. The molecule has 0 aliphatic rings. The summed E-state index contributed by atoms with van der Waals surface area (Å²) >= 11 is 0. The molecule has 0 bridgehead atoms. The molecule has 4 aromatic rings. The van der Waals surface area contributed by atoms with Crippen molar-refractivity contribution in [2.75, 3.05) is 0 Å². The highest BCUT2D eigenvalue weighted by Gasteiger charge is 2.10. The van der Waals surface area contributed by atoms with Crippen molar-refractivity contribution in [2.45, 2.75) is 13.8 Å². The number of rotatable bonds is 2. The predicted octanol–water partition coefficient (Wildman–Crippen LogP) is -1.02. The number of halogens is 1. The smallest absolute Gasteiger partial charge is 0.218 e. The van der Waals surface area contributed by atoms with Crippen molar-refractivity contribution < 1.29 is 43.4 Å². The van der Waals surface area contributed by atoms with Crippen LogP contribution in [0.4, 0.5) is 5.69 Å². The highest BCUT2D eigenvalue weighted by Crippen LogP contribution is 2.23. The monoisotopic (exact) mass is 441 g/mol. The van der Waals surface area contributed by atoms with Gasteiger partial charge in [0.15, 0.2) is 0 Å². The molecule has 3 aromatic carbocycles. The first-order valence-corrected chi connectivity index (χ1v) is 10.4. The molecule has 4 rings (SSSR count). The lowest BCUT2D eigenvalue weighted by molar-refractivity contribution is -2.00. The Morgan fingerprint density at radius 3 is 2.13 bits per heavy atom. The number of aryl methyl sites for hydroxylation is 2. The van der Waals surface area contributed by atoms with Crippen LogP contribution in [0.3, 0.4) is 0 Å². The van der Waals surface area contributed by atoms with Crippen LogP contribution < -0.4 is 29.0 Å². The minimum absolute atomic E-state index is 0.211. The molecule has 0 unspecified atom stereocenters. The van der Waals surface area contributed by atoms with Crippen molar-refractivity contribution in [1.29, 1.82) is 0 Å². The summed E-state index contributed by atoms with van der Waals surface area (Å²) in [6.07, 6.45) is 0. The van der Waals surface area contributed by atoms with Gasteiger partial charge >= 0.3 is 0 Å². The maximum Gasteiger partial charge on any atom is 0.218 e. The second-order valence-electron chi connectivity index (χ2n) is 6.87. The van der Waals surface area contributed by atoms with Gasteiger partial charge in [0.2, 0.25) is 11.0 Å². The lowest BCUT2D eigenvalue weighted by Crippen LogP contribution is -2.70. The number of hydrogen-bond acceptors (Lipinski definition) is 6. The number of phenols is 1. The third kappa shape index (κ3) is 6.39. The molecule has 160 valence electrons. The molecule has 0 spiro atoms. The quantitative estimate of drug-likeness (QED) is 0.408. The second-order valence-corrected chi connectivity index (χ2v) is 7.63. The molecule has 31 heavy (non-hydrogen) atoms. The van der Waals surface area contributed by atoms with Gasteiger partial charge in [-0.1, -0.05) is 36.4 Å². The highest BCUT2D eigenvalue weighted by molar-refractivity contribution is 5.79. The number of fused-ring (bicyclic) bond motifs is 1. The molecular formula is C23H20ClNO6. The van der Waals surface area contributed by atoms with E-state index in [1.165, 1.54) is 11.1 Å². The van der Waals surface area contributed by atoms with Crippen LogP contribution in [0.1, 0.15) is 11.1 Å². The fraction of sp³-hybridized carbons (Fsp3) is 0.0870. The van der Waals surface area contributed by atoms with Crippen molar-refractivity contribution in [2.24, 2.45) is 0 Å². The SMILES string of the molecule is Cc1ccc([NH+]=c2cc(-c3ccccc3)oc3ccc(O)cc23)cc1C.[O-][Cl+3]([O-])([O-])[O-]. The molecule has 0 saturated heterocycles.